The normalized spacial score (nSPS) is 16.6. The molecule has 1 unspecified atom stereocenters. The van der Waals surface area contributed by atoms with Gasteiger partial charge in [-0.3, -0.25) is 4.79 Å². The van der Waals surface area contributed by atoms with E-state index >= 15 is 0 Å². The van der Waals surface area contributed by atoms with Gasteiger partial charge in [0, 0.05) is 18.5 Å². The third-order valence-corrected chi connectivity index (χ3v) is 3.97. The monoisotopic (exact) mass is 254 g/mol. The van der Waals surface area contributed by atoms with E-state index in [9.17, 15) is 9.59 Å². The molecule has 1 amide bonds. The summed E-state index contributed by atoms with van der Waals surface area (Å²) in [6, 6.07) is 0.194. The second-order valence-corrected chi connectivity index (χ2v) is 5.20. The summed E-state index contributed by atoms with van der Waals surface area (Å²) in [4.78, 5) is 28.2. The fourth-order valence-electron chi connectivity index (χ4n) is 1.70. The molecule has 5 nitrogen and oxygen atoms in total. The van der Waals surface area contributed by atoms with Crippen molar-refractivity contribution < 1.29 is 14.7 Å². The van der Waals surface area contributed by atoms with Crippen LogP contribution in [-0.4, -0.2) is 40.0 Å². The van der Waals surface area contributed by atoms with E-state index in [1.165, 1.54) is 5.38 Å². The topological polar surface area (TPSA) is 70.5 Å². The molecule has 0 aromatic carbocycles. The number of nitrogens with zero attached hydrogens (tertiary/aromatic N) is 2. The maximum atomic E-state index is 12.0. The van der Waals surface area contributed by atoms with Crippen LogP contribution in [0.2, 0.25) is 0 Å². The zero-order chi connectivity index (χ0) is 12.6. The van der Waals surface area contributed by atoms with E-state index in [0.29, 0.717) is 5.92 Å². The highest BCUT2D eigenvalue weighted by Gasteiger charge is 2.33. The first-order valence-corrected chi connectivity index (χ1v) is 6.34. The van der Waals surface area contributed by atoms with Crippen molar-refractivity contribution in [2.45, 2.75) is 25.8 Å². The molecule has 1 saturated carbocycles. The Labute approximate surface area is 103 Å². The Bertz CT molecular complexity index is 453. The Kier molecular flexibility index (Phi) is 3.15. The number of hydrogen-bond donors (Lipinski definition) is 1. The Morgan fingerprint density at radius 1 is 1.59 bits per heavy atom. The SMILES string of the molecule is CC(C1CC1)N(C)C(=O)c1nc(C(=O)O)cs1. The molecule has 1 aromatic rings. The summed E-state index contributed by atoms with van der Waals surface area (Å²) in [5.41, 5.74) is -0.0641. The minimum absolute atomic E-state index is 0.0641. The number of aromatic nitrogens is 1. The number of hydrogen-bond acceptors (Lipinski definition) is 4. The lowest BCUT2D eigenvalue weighted by Crippen LogP contribution is -2.36. The van der Waals surface area contributed by atoms with Crippen molar-refractivity contribution >= 4 is 23.2 Å². The fraction of sp³-hybridized carbons (Fsp3) is 0.545. The van der Waals surface area contributed by atoms with Gasteiger partial charge in [-0.2, -0.15) is 0 Å². The molecule has 92 valence electrons. The molecule has 2 rings (SSSR count). The Morgan fingerprint density at radius 3 is 2.71 bits per heavy atom. The summed E-state index contributed by atoms with van der Waals surface area (Å²) in [5.74, 6) is -0.706. The van der Waals surface area contributed by atoms with E-state index in [1.807, 2.05) is 6.92 Å². The molecule has 0 radical (unpaired) electrons. The third-order valence-electron chi connectivity index (χ3n) is 3.14. The highest BCUT2D eigenvalue weighted by atomic mass is 32.1. The molecule has 0 bridgehead atoms. The van der Waals surface area contributed by atoms with Gasteiger partial charge in [0.2, 0.25) is 0 Å². The van der Waals surface area contributed by atoms with Crippen LogP contribution in [0.1, 0.15) is 40.1 Å². The number of aromatic carboxylic acids is 1. The Hall–Kier alpha value is -1.43. The minimum atomic E-state index is -1.10. The van der Waals surface area contributed by atoms with Crippen molar-refractivity contribution in [2.24, 2.45) is 5.92 Å². The van der Waals surface area contributed by atoms with E-state index in [-0.39, 0.29) is 22.7 Å². The highest BCUT2D eigenvalue weighted by Crippen LogP contribution is 2.35. The zero-order valence-electron chi connectivity index (χ0n) is 9.71. The van der Waals surface area contributed by atoms with Crippen LogP contribution in [-0.2, 0) is 0 Å². The quantitative estimate of drug-likeness (QED) is 0.888. The third kappa shape index (κ3) is 2.46. The lowest BCUT2D eigenvalue weighted by Gasteiger charge is -2.23. The van der Waals surface area contributed by atoms with Gasteiger partial charge in [-0.05, 0) is 25.7 Å². The minimum Gasteiger partial charge on any atom is -0.476 e. The number of carboxylic acid groups (broad SMARTS) is 1. The van der Waals surface area contributed by atoms with Crippen LogP contribution >= 0.6 is 11.3 Å². The molecule has 1 heterocycles. The second kappa shape index (κ2) is 4.44. The van der Waals surface area contributed by atoms with E-state index in [4.69, 9.17) is 5.11 Å². The van der Waals surface area contributed by atoms with Gasteiger partial charge in [0.1, 0.15) is 0 Å². The van der Waals surface area contributed by atoms with Crippen LogP contribution in [0.3, 0.4) is 0 Å². The summed E-state index contributed by atoms with van der Waals surface area (Å²) >= 11 is 1.08. The first-order valence-electron chi connectivity index (χ1n) is 5.46. The summed E-state index contributed by atoms with van der Waals surface area (Å²) in [5, 5.41) is 10.4. The highest BCUT2D eigenvalue weighted by molar-refractivity contribution is 7.11. The standard InChI is InChI=1S/C11H14N2O3S/c1-6(7-3-4-7)13(2)10(14)9-12-8(5-17-9)11(15)16/h5-7H,3-4H2,1-2H3,(H,15,16). The molecular weight excluding hydrogens is 240 g/mol. The van der Waals surface area contributed by atoms with Crippen molar-refractivity contribution in [3.8, 4) is 0 Å². The average Bonchev–Trinajstić information content (AvgIpc) is 3.03. The van der Waals surface area contributed by atoms with E-state index in [0.717, 1.165) is 24.2 Å². The van der Waals surface area contributed by atoms with Gasteiger partial charge in [-0.15, -0.1) is 11.3 Å². The molecule has 1 fully saturated rings. The molecule has 1 aliphatic rings. The van der Waals surface area contributed by atoms with E-state index in [1.54, 1.807) is 11.9 Å². The molecule has 6 heteroatoms. The van der Waals surface area contributed by atoms with Gasteiger partial charge in [-0.25, -0.2) is 9.78 Å². The lowest BCUT2D eigenvalue weighted by atomic mass is 10.2. The van der Waals surface area contributed by atoms with Crippen LogP contribution in [0.15, 0.2) is 5.38 Å². The predicted molar refractivity (Wildman–Crippen MR) is 63.4 cm³/mol. The fourth-order valence-corrected chi connectivity index (χ4v) is 2.47. The van der Waals surface area contributed by atoms with Crippen LogP contribution in [0.5, 0.6) is 0 Å². The van der Waals surface area contributed by atoms with Crippen LogP contribution in [0.25, 0.3) is 0 Å². The molecule has 17 heavy (non-hydrogen) atoms. The van der Waals surface area contributed by atoms with Gasteiger partial charge in [-0.1, -0.05) is 0 Å². The number of rotatable bonds is 4. The Balaban J connectivity index is 2.09. The molecule has 1 N–H and O–H groups in total. The first kappa shape index (κ1) is 12.0. The molecule has 1 aliphatic carbocycles. The van der Waals surface area contributed by atoms with E-state index < -0.39 is 5.97 Å². The number of carbonyl (C=O) groups excluding carboxylic acids is 1. The summed E-state index contributed by atoms with van der Waals surface area (Å²) in [7, 11) is 1.74. The van der Waals surface area contributed by atoms with Crippen molar-refractivity contribution in [3.63, 3.8) is 0 Å². The maximum absolute atomic E-state index is 12.0. The number of amides is 1. The van der Waals surface area contributed by atoms with Gasteiger partial charge in [0.25, 0.3) is 5.91 Å². The number of carboxylic acids is 1. The Morgan fingerprint density at radius 2 is 2.24 bits per heavy atom. The average molecular weight is 254 g/mol. The maximum Gasteiger partial charge on any atom is 0.355 e. The van der Waals surface area contributed by atoms with Gasteiger partial charge in [0.05, 0.1) is 0 Å². The van der Waals surface area contributed by atoms with Crippen molar-refractivity contribution in [1.82, 2.24) is 9.88 Å². The van der Waals surface area contributed by atoms with Crippen molar-refractivity contribution in [3.05, 3.63) is 16.1 Å². The summed E-state index contributed by atoms with van der Waals surface area (Å²) < 4.78 is 0. The van der Waals surface area contributed by atoms with Crippen molar-refractivity contribution in [1.29, 1.82) is 0 Å². The van der Waals surface area contributed by atoms with Gasteiger partial charge >= 0.3 is 5.97 Å². The molecular formula is C11H14N2O3S. The molecule has 0 saturated heterocycles. The molecule has 1 aromatic heterocycles. The summed E-state index contributed by atoms with van der Waals surface area (Å²) in [6.45, 7) is 2.02. The summed E-state index contributed by atoms with van der Waals surface area (Å²) in [6.07, 6.45) is 2.33. The molecule has 0 spiro atoms. The molecule has 0 aliphatic heterocycles. The smallest absolute Gasteiger partial charge is 0.355 e. The number of carbonyl (C=O) groups is 2. The zero-order valence-corrected chi connectivity index (χ0v) is 10.5. The van der Waals surface area contributed by atoms with Gasteiger partial charge < -0.3 is 10.0 Å². The van der Waals surface area contributed by atoms with Crippen LogP contribution in [0, 0.1) is 5.92 Å². The van der Waals surface area contributed by atoms with Crippen LogP contribution < -0.4 is 0 Å². The largest absolute Gasteiger partial charge is 0.476 e. The predicted octanol–water partition coefficient (Wildman–Crippen LogP) is 1.71. The first-order chi connectivity index (χ1) is 8.00. The lowest BCUT2D eigenvalue weighted by molar-refractivity contribution is 0.0691. The molecule has 1 atom stereocenters. The van der Waals surface area contributed by atoms with E-state index in [2.05, 4.69) is 4.98 Å². The van der Waals surface area contributed by atoms with Crippen LogP contribution in [0.4, 0.5) is 0 Å². The number of thiazole rings is 1. The van der Waals surface area contributed by atoms with Gasteiger partial charge in [0.15, 0.2) is 10.7 Å². The second-order valence-electron chi connectivity index (χ2n) is 4.34. The van der Waals surface area contributed by atoms with Crippen molar-refractivity contribution in [2.75, 3.05) is 7.05 Å².